The topological polar surface area (TPSA) is 63.3 Å². The molecule has 0 fully saturated rings. The monoisotopic (exact) mass is 207 g/mol. The first-order valence-corrected chi connectivity index (χ1v) is 4.12. The van der Waals surface area contributed by atoms with Crippen molar-refractivity contribution in [1.82, 2.24) is 5.16 Å². The number of rotatable bonds is 2. The molecule has 0 radical (unpaired) electrons. The van der Waals surface area contributed by atoms with E-state index in [9.17, 15) is 9.18 Å². The SMILES string of the molecule is O=C(O)c1conc1-c1cccc(F)c1. The van der Waals surface area contributed by atoms with Crippen LogP contribution in [0.25, 0.3) is 11.3 Å². The van der Waals surface area contributed by atoms with Gasteiger partial charge in [-0.1, -0.05) is 17.3 Å². The van der Waals surface area contributed by atoms with Gasteiger partial charge >= 0.3 is 5.97 Å². The molecule has 4 nitrogen and oxygen atoms in total. The van der Waals surface area contributed by atoms with E-state index in [0.29, 0.717) is 5.56 Å². The molecule has 0 unspecified atom stereocenters. The Bertz CT molecular complexity index is 507. The number of hydrogen-bond acceptors (Lipinski definition) is 3. The first-order valence-electron chi connectivity index (χ1n) is 4.12. The highest BCUT2D eigenvalue weighted by molar-refractivity contribution is 5.94. The molecule has 0 bridgehead atoms. The molecule has 0 saturated carbocycles. The maximum absolute atomic E-state index is 12.9. The van der Waals surface area contributed by atoms with E-state index in [0.717, 1.165) is 6.26 Å². The second-order valence-corrected chi connectivity index (χ2v) is 2.89. The third-order valence-corrected chi connectivity index (χ3v) is 1.90. The van der Waals surface area contributed by atoms with Crippen molar-refractivity contribution >= 4 is 5.97 Å². The minimum atomic E-state index is -1.16. The number of benzene rings is 1. The molecule has 1 aromatic heterocycles. The maximum atomic E-state index is 12.9. The molecule has 1 N–H and O–H groups in total. The van der Waals surface area contributed by atoms with Gasteiger partial charge in [0.25, 0.3) is 0 Å². The van der Waals surface area contributed by atoms with Crippen LogP contribution in [0, 0.1) is 5.82 Å². The molecule has 2 rings (SSSR count). The van der Waals surface area contributed by atoms with Gasteiger partial charge < -0.3 is 9.63 Å². The number of aromatic carboxylic acids is 1. The zero-order chi connectivity index (χ0) is 10.8. The molecule has 0 atom stereocenters. The second-order valence-electron chi connectivity index (χ2n) is 2.89. The van der Waals surface area contributed by atoms with Gasteiger partial charge in [0.15, 0.2) is 0 Å². The molecule has 0 aliphatic heterocycles. The maximum Gasteiger partial charge on any atom is 0.341 e. The van der Waals surface area contributed by atoms with Crippen LogP contribution in [0.5, 0.6) is 0 Å². The molecular weight excluding hydrogens is 201 g/mol. The van der Waals surface area contributed by atoms with Crippen LogP contribution < -0.4 is 0 Å². The van der Waals surface area contributed by atoms with Crippen molar-refractivity contribution in [3.63, 3.8) is 0 Å². The van der Waals surface area contributed by atoms with Gasteiger partial charge in [-0.05, 0) is 12.1 Å². The summed E-state index contributed by atoms with van der Waals surface area (Å²) in [5.41, 5.74) is 0.420. The lowest BCUT2D eigenvalue weighted by Gasteiger charge is -1.97. The standard InChI is InChI=1S/C10H6FNO3/c11-7-3-1-2-6(4-7)9-8(10(13)14)5-15-12-9/h1-5H,(H,13,14). The van der Waals surface area contributed by atoms with Crippen LogP contribution >= 0.6 is 0 Å². The Hall–Kier alpha value is -2.17. The largest absolute Gasteiger partial charge is 0.477 e. The summed E-state index contributed by atoms with van der Waals surface area (Å²) in [6.45, 7) is 0. The summed E-state index contributed by atoms with van der Waals surface area (Å²) in [5.74, 6) is -1.61. The number of nitrogens with zero attached hydrogens (tertiary/aromatic N) is 1. The van der Waals surface area contributed by atoms with Crippen LogP contribution in [0.15, 0.2) is 35.1 Å². The van der Waals surface area contributed by atoms with Crippen LogP contribution in [-0.4, -0.2) is 16.2 Å². The summed E-state index contributed by atoms with van der Waals surface area (Å²) in [5, 5.41) is 12.3. The fourth-order valence-corrected chi connectivity index (χ4v) is 1.23. The van der Waals surface area contributed by atoms with Gasteiger partial charge in [-0.3, -0.25) is 0 Å². The van der Waals surface area contributed by atoms with Crippen molar-refractivity contribution in [1.29, 1.82) is 0 Å². The van der Waals surface area contributed by atoms with E-state index in [4.69, 9.17) is 5.11 Å². The van der Waals surface area contributed by atoms with Crippen molar-refractivity contribution in [2.24, 2.45) is 0 Å². The lowest BCUT2D eigenvalue weighted by atomic mass is 10.1. The van der Waals surface area contributed by atoms with E-state index < -0.39 is 11.8 Å². The highest BCUT2D eigenvalue weighted by Gasteiger charge is 2.16. The molecule has 5 heteroatoms. The fourth-order valence-electron chi connectivity index (χ4n) is 1.23. The third-order valence-electron chi connectivity index (χ3n) is 1.90. The molecule has 1 aromatic carbocycles. The van der Waals surface area contributed by atoms with Crippen LogP contribution in [0.2, 0.25) is 0 Å². The minimum absolute atomic E-state index is 0.0828. The summed E-state index contributed by atoms with van der Waals surface area (Å²) < 4.78 is 17.4. The normalized spacial score (nSPS) is 10.2. The Labute approximate surface area is 83.9 Å². The van der Waals surface area contributed by atoms with Gasteiger partial charge in [0.1, 0.15) is 23.3 Å². The number of carboxylic acid groups (broad SMARTS) is 1. The van der Waals surface area contributed by atoms with Crippen LogP contribution in [0.1, 0.15) is 10.4 Å². The van der Waals surface area contributed by atoms with E-state index in [1.165, 1.54) is 18.2 Å². The van der Waals surface area contributed by atoms with Crippen molar-refractivity contribution in [2.45, 2.75) is 0 Å². The average molecular weight is 207 g/mol. The number of carboxylic acids is 1. The van der Waals surface area contributed by atoms with Gasteiger partial charge in [-0.2, -0.15) is 0 Å². The summed E-state index contributed by atoms with van der Waals surface area (Å²) in [4.78, 5) is 10.7. The average Bonchev–Trinajstić information content (AvgIpc) is 2.65. The highest BCUT2D eigenvalue weighted by atomic mass is 19.1. The second kappa shape index (κ2) is 3.53. The molecule has 0 amide bonds. The van der Waals surface area contributed by atoms with Crippen LogP contribution in [0.3, 0.4) is 0 Å². The molecule has 0 aliphatic carbocycles. The highest BCUT2D eigenvalue weighted by Crippen LogP contribution is 2.22. The third kappa shape index (κ3) is 1.71. The summed E-state index contributed by atoms with van der Waals surface area (Å²) in [6, 6.07) is 5.51. The Morgan fingerprint density at radius 2 is 2.27 bits per heavy atom. The molecule has 76 valence electrons. The Kier molecular flexibility index (Phi) is 2.21. The quantitative estimate of drug-likeness (QED) is 0.819. The van der Waals surface area contributed by atoms with Gasteiger partial charge in [0.05, 0.1) is 0 Å². The number of halogens is 1. The van der Waals surface area contributed by atoms with Gasteiger partial charge in [-0.25, -0.2) is 9.18 Å². The Morgan fingerprint density at radius 1 is 1.47 bits per heavy atom. The van der Waals surface area contributed by atoms with E-state index in [-0.39, 0.29) is 11.3 Å². The lowest BCUT2D eigenvalue weighted by molar-refractivity contribution is 0.0697. The van der Waals surface area contributed by atoms with Crippen LogP contribution in [-0.2, 0) is 0 Å². The zero-order valence-electron chi connectivity index (χ0n) is 7.48. The van der Waals surface area contributed by atoms with Gasteiger partial charge in [0.2, 0.25) is 0 Å². The smallest absolute Gasteiger partial charge is 0.341 e. The molecule has 2 aromatic rings. The minimum Gasteiger partial charge on any atom is -0.477 e. The van der Waals surface area contributed by atoms with Crippen LogP contribution in [0.4, 0.5) is 4.39 Å². The summed E-state index contributed by atoms with van der Waals surface area (Å²) in [7, 11) is 0. The first kappa shape index (κ1) is 9.39. The Morgan fingerprint density at radius 3 is 2.93 bits per heavy atom. The molecule has 0 aliphatic rings. The predicted octanol–water partition coefficient (Wildman–Crippen LogP) is 2.18. The lowest BCUT2D eigenvalue weighted by Crippen LogP contribution is -1.96. The van der Waals surface area contributed by atoms with Crippen molar-refractivity contribution < 1.29 is 18.8 Å². The van der Waals surface area contributed by atoms with E-state index in [1.807, 2.05) is 0 Å². The molecule has 0 saturated heterocycles. The molecule has 15 heavy (non-hydrogen) atoms. The Balaban J connectivity index is 2.54. The first-order chi connectivity index (χ1) is 7.18. The van der Waals surface area contributed by atoms with Crippen molar-refractivity contribution in [3.05, 3.63) is 41.9 Å². The van der Waals surface area contributed by atoms with Crippen molar-refractivity contribution in [3.8, 4) is 11.3 Å². The van der Waals surface area contributed by atoms with Gasteiger partial charge in [0, 0.05) is 5.56 Å². The number of carbonyl (C=O) groups is 1. The number of hydrogen-bond donors (Lipinski definition) is 1. The summed E-state index contributed by atoms with van der Waals surface area (Å²) in [6.07, 6.45) is 1.02. The summed E-state index contributed by atoms with van der Waals surface area (Å²) >= 11 is 0. The van der Waals surface area contributed by atoms with E-state index >= 15 is 0 Å². The molecular formula is C10H6FNO3. The zero-order valence-corrected chi connectivity index (χ0v) is 7.48. The van der Waals surface area contributed by atoms with Crippen molar-refractivity contribution in [2.75, 3.05) is 0 Å². The predicted molar refractivity (Wildman–Crippen MR) is 48.9 cm³/mol. The molecule has 0 spiro atoms. The number of aromatic nitrogens is 1. The van der Waals surface area contributed by atoms with Gasteiger partial charge in [-0.15, -0.1) is 0 Å². The van der Waals surface area contributed by atoms with E-state index in [2.05, 4.69) is 9.68 Å². The van der Waals surface area contributed by atoms with E-state index in [1.54, 1.807) is 6.07 Å². The fraction of sp³-hybridized carbons (Fsp3) is 0. The molecule has 1 heterocycles.